The topological polar surface area (TPSA) is 66.4 Å². The Labute approximate surface area is 110 Å². The summed E-state index contributed by atoms with van der Waals surface area (Å²) in [7, 11) is 0. The maximum Gasteiger partial charge on any atom is 0.328 e. The summed E-state index contributed by atoms with van der Waals surface area (Å²) in [6.45, 7) is 5.16. The first-order valence-electron chi connectivity index (χ1n) is 5.30. The molecule has 1 amide bonds. The number of anilines is 1. The van der Waals surface area contributed by atoms with Crippen molar-refractivity contribution >= 4 is 29.2 Å². The lowest BCUT2D eigenvalue weighted by molar-refractivity contribution is -0.131. The van der Waals surface area contributed by atoms with Crippen molar-refractivity contribution in [2.75, 3.05) is 5.32 Å². The summed E-state index contributed by atoms with van der Waals surface area (Å²) in [5.41, 5.74) is 2.44. The van der Waals surface area contributed by atoms with Crippen molar-refractivity contribution in [2.24, 2.45) is 0 Å². The predicted octanol–water partition coefficient (Wildman–Crippen LogP) is 2.93. The molecule has 4 nitrogen and oxygen atoms in total. The molecule has 0 saturated heterocycles. The number of nitrogens with one attached hydrogen (secondary N) is 1. The molecule has 96 valence electrons. The van der Waals surface area contributed by atoms with E-state index in [0.29, 0.717) is 10.7 Å². The van der Waals surface area contributed by atoms with E-state index in [-0.39, 0.29) is 5.57 Å². The second-order valence-corrected chi connectivity index (χ2v) is 4.47. The second kappa shape index (κ2) is 5.69. The molecule has 0 atom stereocenters. The molecule has 1 aromatic carbocycles. The van der Waals surface area contributed by atoms with Gasteiger partial charge in [0.05, 0.1) is 10.7 Å². The summed E-state index contributed by atoms with van der Waals surface area (Å²) < 4.78 is 0. The van der Waals surface area contributed by atoms with Gasteiger partial charge in [0.15, 0.2) is 0 Å². The SMILES string of the molecule is C/C(=C/C(=O)O)C(=O)Nc1c(C)cc(C)cc1Cl. The minimum atomic E-state index is -1.16. The third-order valence-corrected chi connectivity index (χ3v) is 2.67. The van der Waals surface area contributed by atoms with Crippen molar-refractivity contribution in [3.63, 3.8) is 0 Å². The van der Waals surface area contributed by atoms with E-state index in [2.05, 4.69) is 5.32 Å². The number of halogens is 1. The molecule has 0 spiro atoms. The van der Waals surface area contributed by atoms with E-state index in [0.717, 1.165) is 17.2 Å². The molecule has 0 fully saturated rings. The van der Waals surface area contributed by atoms with Crippen LogP contribution in [-0.4, -0.2) is 17.0 Å². The number of aliphatic carboxylic acids is 1. The Balaban J connectivity index is 2.99. The molecule has 0 heterocycles. The molecule has 0 radical (unpaired) electrons. The maximum atomic E-state index is 11.7. The molecule has 0 unspecified atom stereocenters. The second-order valence-electron chi connectivity index (χ2n) is 4.06. The highest BCUT2D eigenvalue weighted by molar-refractivity contribution is 6.34. The Morgan fingerprint density at radius 3 is 2.44 bits per heavy atom. The Morgan fingerprint density at radius 1 is 1.33 bits per heavy atom. The predicted molar refractivity (Wildman–Crippen MR) is 70.9 cm³/mol. The number of rotatable bonds is 3. The lowest BCUT2D eigenvalue weighted by Crippen LogP contribution is -2.15. The van der Waals surface area contributed by atoms with Crippen LogP contribution in [0.3, 0.4) is 0 Å². The minimum absolute atomic E-state index is 0.110. The monoisotopic (exact) mass is 267 g/mol. The Kier molecular flexibility index (Phi) is 4.50. The van der Waals surface area contributed by atoms with Crippen LogP contribution in [0.5, 0.6) is 0 Å². The van der Waals surface area contributed by atoms with Gasteiger partial charge in [-0.05, 0) is 38.0 Å². The van der Waals surface area contributed by atoms with E-state index in [1.807, 2.05) is 19.9 Å². The summed E-state index contributed by atoms with van der Waals surface area (Å²) in [5.74, 6) is -1.64. The quantitative estimate of drug-likeness (QED) is 0.828. The molecule has 0 bridgehead atoms. The van der Waals surface area contributed by atoms with Crippen LogP contribution in [0.15, 0.2) is 23.8 Å². The number of aryl methyl sites for hydroxylation is 2. The van der Waals surface area contributed by atoms with Crippen molar-refractivity contribution in [3.05, 3.63) is 39.9 Å². The smallest absolute Gasteiger partial charge is 0.328 e. The third kappa shape index (κ3) is 3.60. The average Bonchev–Trinajstić information content (AvgIpc) is 2.21. The van der Waals surface area contributed by atoms with Gasteiger partial charge in [-0.1, -0.05) is 17.7 Å². The zero-order valence-corrected chi connectivity index (χ0v) is 11.1. The van der Waals surface area contributed by atoms with Crippen molar-refractivity contribution in [3.8, 4) is 0 Å². The Morgan fingerprint density at radius 2 is 1.94 bits per heavy atom. The first kappa shape index (κ1) is 14.3. The lowest BCUT2D eigenvalue weighted by atomic mass is 10.1. The van der Waals surface area contributed by atoms with Gasteiger partial charge >= 0.3 is 5.97 Å². The van der Waals surface area contributed by atoms with Gasteiger partial charge < -0.3 is 10.4 Å². The number of amides is 1. The van der Waals surface area contributed by atoms with Crippen LogP contribution in [-0.2, 0) is 9.59 Å². The molecule has 5 heteroatoms. The molecule has 0 aliphatic rings. The van der Waals surface area contributed by atoms with Crippen LogP contribution in [0.4, 0.5) is 5.69 Å². The number of carbonyl (C=O) groups excluding carboxylic acids is 1. The molecule has 18 heavy (non-hydrogen) atoms. The first-order chi connectivity index (χ1) is 8.31. The van der Waals surface area contributed by atoms with Gasteiger partial charge in [-0.15, -0.1) is 0 Å². The van der Waals surface area contributed by atoms with Crippen LogP contribution in [0.2, 0.25) is 5.02 Å². The third-order valence-electron chi connectivity index (χ3n) is 2.37. The van der Waals surface area contributed by atoms with Crippen molar-refractivity contribution in [1.29, 1.82) is 0 Å². The molecule has 0 aliphatic heterocycles. The van der Waals surface area contributed by atoms with Crippen molar-refractivity contribution in [1.82, 2.24) is 0 Å². The van der Waals surface area contributed by atoms with Crippen LogP contribution >= 0.6 is 11.6 Å². The number of benzene rings is 1. The summed E-state index contributed by atoms with van der Waals surface area (Å²) in [6.07, 6.45) is 0.854. The van der Waals surface area contributed by atoms with E-state index < -0.39 is 11.9 Å². The fourth-order valence-corrected chi connectivity index (χ4v) is 1.91. The highest BCUT2D eigenvalue weighted by atomic mass is 35.5. The summed E-state index contributed by atoms with van der Waals surface area (Å²) in [5, 5.41) is 11.6. The molecule has 1 rings (SSSR count). The van der Waals surface area contributed by atoms with Gasteiger partial charge in [-0.2, -0.15) is 0 Å². The fourth-order valence-electron chi connectivity index (χ4n) is 1.54. The maximum absolute atomic E-state index is 11.7. The van der Waals surface area contributed by atoms with E-state index >= 15 is 0 Å². The number of carbonyl (C=O) groups is 2. The van der Waals surface area contributed by atoms with E-state index in [4.69, 9.17) is 16.7 Å². The van der Waals surface area contributed by atoms with E-state index in [1.54, 1.807) is 6.07 Å². The average molecular weight is 268 g/mol. The summed E-state index contributed by atoms with van der Waals surface area (Å²) >= 11 is 6.04. The number of carboxylic acid groups (broad SMARTS) is 1. The van der Waals surface area contributed by atoms with Gasteiger partial charge in [0.25, 0.3) is 5.91 Å². The number of carboxylic acids is 1. The van der Waals surface area contributed by atoms with Gasteiger partial charge in [0.2, 0.25) is 0 Å². The highest BCUT2D eigenvalue weighted by Gasteiger charge is 2.11. The Hall–Kier alpha value is -1.81. The largest absolute Gasteiger partial charge is 0.478 e. The van der Waals surface area contributed by atoms with Crippen molar-refractivity contribution in [2.45, 2.75) is 20.8 Å². The molecule has 2 N–H and O–H groups in total. The number of hydrogen-bond donors (Lipinski definition) is 2. The normalized spacial score (nSPS) is 11.2. The fraction of sp³-hybridized carbons (Fsp3) is 0.231. The first-order valence-corrected chi connectivity index (χ1v) is 5.68. The van der Waals surface area contributed by atoms with Crippen LogP contribution in [0.25, 0.3) is 0 Å². The zero-order chi connectivity index (χ0) is 13.9. The van der Waals surface area contributed by atoms with E-state index in [9.17, 15) is 9.59 Å². The van der Waals surface area contributed by atoms with Crippen LogP contribution in [0.1, 0.15) is 18.1 Å². The lowest BCUT2D eigenvalue weighted by Gasteiger charge is -2.11. The molecular weight excluding hydrogens is 254 g/mol. The number of hydrogen-bond acceptors (Lipinski definition) is 2. The van der Waals surface area contributed by atoms with Gasteiger partial charge in [-0.25, -0.2) is 4.79 Å². The Bertz CT molecular complexity index is 512. The molecule has 0 saturated carbocycles. The molecule has 1 aromatic rings. The van der Waals surface area contributed by atoms with Crippen LogP contribution < -0.4 is 5.32 Å². The van der Waals surface area contributed by atoms with Gasteiger partial charge in [0.1, 0.15) is 0 Å². The van der Waals surface area contributed by atoms with Gasteiger partial charge in [0, 0.05) is 11.6 Å². The zero-order valence-electron chi connectivity index (χ0n) is 10.4. The standard InChI is InChI=1S/C13H14ClNO3/c1-7-4-8(2)12(10(14)5-7)15-13(18)9(3)6-11(16)17/h4-6H,1-3H3,(H,15,18)(H,16,17)/b9-6-. The summed E-state index contributed by atoms with van der Waals surface area (Å²) in [6, 6.07) is 3.62. The molecular formula is C13H14ClNO3. The summed E-state index contributed by atoms with van der Waals surface area (Å²) in [4.78, 5) is 22.2. The van der Waals surface area contributed by atoms with Gasteiger partial charge in [-0.3, -0.25) is 4.79 Å². The molecule has 0 aromatic heterocycles. The molecule has 0 aliphatic carbocycles. The minimum Gasteiger partial charge on any atom is -0.478 e. The highest BCUT2D eigenvalue weighted by Crippen LogP contribution is 2.27. The van der Waals surface area contributed by atoms with Crippen molar-refractivity contribution < 1.29 is 14.7 Å². The van der Waals surface area contributed by atoms with E-state index in [1.165, 1.54) is 6.92 Å². The van der Waals surface area contributed by atoms with Crippen LogP contribution in [0, 0.1) is 13.8 Å².